The Bertz CT molecular complexity index is 211. The van der Waals surface area contributed by atoms with E-state index in [1.807, 2.05) is 41.5 Å². The first-order chi connectivity index (χ1) is 6.55. The van der Waals surface area contributed by atoms with Crippen molar-refractivity contribution in [3.63, 3.8) is 0 Å². The van der Waals surface area contributed by atoms with Gasteiger partial charge in [-0.1, -0.05) is 41.5 Å². The minimum atomic E-state index is -0.377. The van der Waals surface area contributed by atoms with Crippen LogP contribution in [-0.2, 0) is 4.79 Å². The average molecular weight is 215 g/mol. The zero-order valence-corrected chi connectivity index (χ0v) is 10.8. The number of aliphatic hydroxyl groups is 1. The number of amides is 1. The van der Waals surface area contributed by atoms with Gasteiger partial charge in [-0.2, -0.15) is 0 Å². The molecule has 0 aliphatic rings. The highest BCUT2D eigenvalue weighted by molar-refractivity contribution is 5.81. The van der Waals surface area contributed by atoms with E-state index < -0.39 is 0 Å². The molecule has 3 nitrogen and oxygen atoms in total. The first-order valence-electron chi connectivity index (χ1n) is 5.51. The molecular weight excluding hydrogens is 190 g/mol. The summed E-state index contributed by atoms with van der Waals surface area (Å²) in [7, 11) is 0. The molecule has 0 unspecified atom stereocenters. The summed E-state index contributed by atoms with van der Waals surface area (Å²) in [5.74, 6) is 0.0311. The topological polar surface area (TPSA) is 49.3 Å². The standard InChI is InChI=1S/C12H25NO2/c1-11(2,3)9(14)7-8-13-10(15)12(4,5)6/h9,14H,7-8H2,1-6H3,(H,13,15)/t9-/m1/s1. The Kier molecular flexibility index (Phi) is 4.78. The first-order valence-corrected chi connectivity index (χ1v) is 5.51. The summed E-state index contributed by atoms with van der Waals surface area (Å²) in [6, 6.07) is 0. The molecule has 1 atom stereocenters. The molecule has 0 aromatic carbocycles. The molecule has 0 aromatic heterocycles. The molecule has 0 rings (SSSR count). The van der Waals surface area contributed by atoms with Crippen LogP contribution in [0.1, 0.15) is 48.0 Å². The van der Waals surface area contributed by atoms with Gasteiger partial charge in [0.2, 0.25) is 5.91 Å². The van der Waals surface area contributed by atoms with Gasteiger partial charge < -0.3 is 10.4 Å². The predicted molar refractivity (Wildman–Crippen MR) is 62.5 cm³/mol. The van der Waals surface area contributed by atoms with Crippen LogP contribution in [-0.4, -0.2) is 23.7 Å². The fourth-order valence-electron chi connectivity index (χ4n) is 1.02. The molecule has 90 valence electrons. The van der Waals surface area contributed by atoms with Crippen molar-refractivity contribution in [2.75, 3.05) is 6.54 Å². The summed E-state index contributed by atoms with van der Waals surface area (Å²) in [6.45, 7) is 12.1. The van der Waals surface area contributed by atoms with E-state index in [2.05, 4.69) is 5.32 Å². The molecule has 15 heavy (non-hydrogen) atoms. The average Bonchev–Trinajstić information content (AvgIpc) is 2.00. The van der Waals surface area contributed by atoms with Gasteiger partial charge in [0, 0.05) is 12.0 Å². The van der Waals surface area contributed by atoms with E-state index in [0.29, 0.717) is 13.0 Å². The molecule has 0 saturated carbocycles. The van der Waals surface area contributed by atoms with E-state index in [-0.39, 0.29) is 22.8 Å². The second kappa shape index (κ2) is 4.97. The maximum atomic E-state index is 11.5. The van der Waals surface area contributed by atoms with E-state index in [4.69, 9.17) is 0 Å². The summed E-state index contributed by atoms with van der Waals surface area (Å²) < 4.78 is 0. The fourth-order valence-corrected chi connectivity index (χ4v) is 1.02. The molecule has 0 aromatic rings. The lowest BCUT2D eigenvalue weighted by Crippen LogP contribution is -2.38. The van der Waals surface area contributed by atoms with E-state index in [1.165, 1.54) is 0 Å². The van der Waals surface area contributed by atoms with Gasteiger partial charge in [-0.3, -0.25) is 4.79 Å². The molecular formula is C12H25NO2. The third-order valence-electron chi connectivity index (χ3n) is 2.38. The number of aliphatic hydroxyl groups excluding tert-OH is 1. The van der Waals surface area contributed by atoms with Gasteiger partial charge in [-0.25, -0.2) is 0 Å². The quantitative estimate of drug-likeness (QED) is 0.756. The van der Waals surface area contributed by atoms with Crippen molar-refractivity contribution in [1.29, 1.82) is 0 Å². The third kappa shape index (κ3) is 5.78. The summed E-state index contributed by atoms with van der Waals surface area (Å²) in [4.78, 5) is 11.5. The Labute approximate surface area is 93.3 Å². The lowest BCUT2D eigenvalue weighted by atomic mass is 9.87. The van der Waals surface area contributed by atoms with Gasteiger partial charge in [0.05, 0.1) is 6.10 Å². The van der Waals surface area contributed by atoms with Crippen molar-refractivity contribution in [1.82, 2.24) is 5.32 Å². The van der Waals surface area contributed by atoms with Gasteiger partial charge in [0.25, 0.3) is 0 Å². The maximum Gasteiger partial charge on any atom is 0.225 e. The fraction of sp³-hybridized carbons (Fsp3) is 0.917. The molecule has 1 amide bonds. The van der Waals surface area contributed by atoms with Crippen LogP contribution in [0.3, 0.4) is 0 Å². The Balaban J connectivity index is 3.87. The minimum absolute atomic E-state index is 0.0311. The molecule has 2 N–H and O–H groups in total. The molecule has 0 fully saturated rings. The highest BCUT2D eigenvalue weighted by atomic mass is 16.3. The van der Waals surface area contributed by atoms with Crippen LogP contribution in [0.25, 0.3) is 0 Å². The Hall–Kier alpha value is -0.570. The summed E-state index contributed by atoms with van der Waals surface area (Å²) in [6.07, 6.45) is 0.225. The van der Waals surface area contributed by atoms with E-state index in [0.717, 1.165) is 0 Å². The third-order valence-corrected chi connectivity index (χ3v) is 2.38. The second-order valence-corrected chi connectivity index (χ2v) is 6.18. The summed E-state index contributed by atoms with van der Waals surface area (Å²) >= 11 is 0. The van der Waals surface area contributed by atoms with E-state index in [1.54, 1.807) is 0 Å². The van der Waals surface area contributed by atoms with E-state index >= 15 is 0 Å². The molecule has 0 aliphatic heterocycles. The number of carbonyl (C=O) groups excluding carboxylic acids is 1. The number of rotatable bonds is 3. The SMILES string of the molecule is CC(C)(C)C(=O)NCC[C@@H](O)C(C)(C)C. The molecule has 0 heterocycles. The van der Waals surface area contributed by atoms with Crippen LogP contribution in [0.2, 0.25) is 0 Å². The van der Waals surface area contributed by atoms with Crippen molar-refractivity contribution in [3.8, 4) is 0 Å². The molecule has 0 aliphatic carbocycles. The second-order valence-electron chi connectivity index (χ2n) is 6.18. The largest absolute Gasteiger partial charge is 0.393 e. The van der Waals surface area contributed by atoms with Crippen LogP contribution in [0.15, 0.2) is 0 Å². The van der Waals surface area contributed by atoms with Crippen LogP contribution in [0, 0.1) is 10.8 Å². The van der Waals surface area contributed by atoms with Gasteiger partial charge in [-0.05, 0) is 11.8 Å². The number of hydrogen-bond donors (Lipinski definition) is 2. The summed E-state index contributed by atoms with van der Waals surface area (Å²) in [5.41, 5.74) is -0.473. The number of carbonyl (C=O) groups is 1. The molecule has 0 spiro atoms. The van der Waals surface area contributed by atoms with Crippen LogP contribution >= 0.6 is 0 Å². The van der Waals surface area contributed by atoms with Gasteiger partial charge in [0.15, 0.2) is 0 Å². The molecule has 3 heteroatoms. The highest BCUT2D eigenvalue weighted by Crippen LogP contribution is 2.21. The van der Waals surface area contributed by atoms with Crippen molar-refractivity contribution >= 4 is 5.91 Å². The lowest BCUT2D eigenvalue weighted by Gasteiger charge is -2.26. The molecule has 0 bridgehead atoms. The Morgan fingerprint density at radius 2 is 1.67 bits per heavy atom. The van der Waals surface area contributed by atoms with Gasteiger partial charge in [0.1, 0.15) is 0 Å². The maximum absolute atomic E-state index is 11.5. The van der Waals surface area contributed by atoms with Gasteiger partial charge in [-0.15, -0.1) is 0 Å². The van der Waals surface area contributed by atoms with Crippen molar-refractivity contribution in [2.45, 2.75) is 54.1 Å². The van der Waals surface area contributed by atoms with Crippen LogP contribution in [0.5, 0.6) is 0 Å². The minimum Gasteiger partial charge on any atom is -0.393 e. The van der Waals surface area contributed by atoms with Crippen molar-refractivity contribution < 1.29 is 9.90 Å². The normalized spacial score (nSPS) is 14.9. The van der Waals surface area contributed by atoms with E-state index in [9.17, 15) is 9.90 Å². The van der Waals surface area contributed by atoms with Crippen LogP contribution in [0.4, 0.5) is 0 Å². The highest BCUT2D eigenvalue weighted by Gasteiger charge is 2.24. The Morgan fingerprint density at radius 3 is 2.00 bits per heavy atom. The molecule has 0 saturated heterocycles. The Morgan fingerprint density at radius 1 is 1.20 bits per heavy atom. The van der Waals surface area contributed by atoms with Crippen LogP contribution < -0.4 is 5.32 Å². The summed E-state index contributed by atoms with van der Waals surface area (Å²) in [5, 5.41) is 12.6. The smallest absolute Gasteiger partial charge is 0.225 e. The van der Waals surface area contributed by atoms with Crippen molar-refractivity contribution in [3.05, 3.63) is 0 Å². The van der Waals surface area contributed by atoms with Crippen molar-refractivity contribution in [2.24, 2.45) is 10.8 Å². The molecule has 0 radical (unpaired) electrons. The zero-order chi connectivity index (χ0) is 12.3. The van der Waals surface area contributed by atoms with Gasteiger partial charge >= 0.3 is 0 Å². The number of hydrogen-bond acceptors (Lipinski definition) is 2. The lowest BCUT2D eigenvalue weighted by molar-refractivity contribution is -0.128. The monoisotopic (exact) mass is 215 g/mol. The number of nitrogens with one attached hydrogen (secondary N) is 1. The predicted octanol–water partition coefficient (Wildman–Crippen LogP) is 1.95. The first kappa shape index (κ1) is 14.4. The zero-order valence-electron chi connectivity index (χ0n) is 10.8.